The number of hydrogen-bond acceptors (Lipinski definition) is 9. The summed E-state index contributed by atoms with van der Waals surface area (Å²) in [5.41, 5.74) is 5.00. The number of benzene rings is 2. The van der Waals surface area contributed by atoms with Crippen LogP contribution in [0.5, 0.6) is 11.6 Å². The normalized spacial score (nSPS) is 17.8. The Morgan fingerprint density at radius 2 is 1.77 bits per heavy atom. The fraction of sp³-hybridized carbons (Fsp3) is 0.351. The Bertz CT molecular complexity index is 2060. The molecule has 1 atom stereocenters. The van der Waals surface area contributed by atoms with Crippen LogP contribution in [-0.2, 0) is 22.7 Å². The third-order valence-electron chi connectivity index (χ3n) is 9.88. The van der Waals surface area contributed by atoms with Crippen LogP contribution >= 0.6 is 23.2 Å². The largest absolute Gasteiger partial charge is 0.496 e. The van der Waals surface area contributed by atoms with Crippen molar-refractivity contribution in [1.29, 1.82) is 0 Å². The molecule has 270 valence electrons. The average molecular weight is 747 g/mol. The van der Waals surface area contributed by atoms with Gasteiger partial charge in [0.25, 0.3) is 0 Å². The summed E-state index contributed by atoms with van der Waals surface area (Å²) in [5.74, 6) is 0.994. The van der Waals surface area contributed by atoms with E-state index < -0.39 is 6.09 Å². The van der Waals surface area contributed by atoms with E-state index in [1.165, 1.54) is 18.3 Å². The minimum Gasteiger partial charge on any atom is -0.496 e. The van der Waals surface area contributed by atoms with Gasteiger partial charge < -0.3 is 30.1 Å². The van der Waals surface area contributed by atoms with Crippen molar-refractivity contribution in [3.63, 3.8) is 0 Å². The maximum Gasteiger partial charge on any atom is 0.407 e. The summed E-state index contributed by atoms with van der Waals surface area (Å²) >= 11 is 14.1. The number of rotatable bonds is 11. The molecular formula is C37H37Cl2N7O6. The zero-order chi connectivity index (χ0) is 36.6. The molecule has 3 N–H and O–H groups in total. The monoisotopic (exact) mass is 745 g/mol. The van der Waals surface area contributed by atoms with Crippen molar-refractivity contribution in [1.82, 2.24) is 35.4 Å². The highest BCUT2D eigenvalue weighted by molar-refractivity contribution is 6.38. The molecule has 3 amide bonds. The Morgan fingerprint density at radius 1 is 1.00 bits per heavy atom. The number of halogens is 2. The Balaban J connectivity index is 1.12. The zero-order valence-corrected chi connectivity index (χ0v) is 30.1. The molecule has 3 fully saturated rings. The maximum atomic E-state index is 12.1. The lowest BCUT2D eigenvalue weighted by molar-refractivity contribution is -0.121. The van der Waals surface area contributed by atoms with Crippen molar-refractivity contribution in [2.75, 3.05) is 40.4 Å². The summed E-state index contributed by atoms with van der Waals surface area (Å²) in [5, 5.41) is 16.3. The number of nitrogens with zero attached hydrogens (tertiary/aromatic N) is 5. The molecule has 52 heavy (non-hydrogen) atoms. The topological polar surface area (TPSA) is 159 Å². The first kappa shape index (κ1) is 35.4. The first-order valence-electron chi connectivity index (χ1n) is 16.8. The number of hydrogen-bond donors (Lipinski definition) is 3. The second-order valence-electron chi connectivity index (χ2n) is 13.5. The van der Waals surface area contributed by atoms with E-state index in [4.69, 9.17) is 32.7 Å². The third-order valence-corrected chi connectivity index (χ3v) is 10.6. The number of carboxylic acid groups (broad SMARTS) is 1. The second-order valence-corrected chi connectivity index (χ2v) is 14.3. The van der Waals surface area contributed by atoms with E-state index in [2.05, 4.69) is 30.5 Å². The Hall–Kier alpha value is -4.98. The number of carbonyl (C=O) groups is 3. The number of carbonyl (C=O) groups excluding carboxylic acids is 2. The number of pyridine rings is 1. The van der Waals surface area contributed by atoms with E-state index >= 15 is 0 Å². The van der Waals surface area contributed by atoms with Crippen LogP contribution in [0.25, 0.3) is 33.8 Å². The summed E-state index contributed by atoms with van der Waals surface area (Å²) in [6.07, 6.45) is 1.87. The van der Waals surface area contributed by atoms with Gasteiger partial charge in [-0.3, -0.25) is 14.5 Å². The molecule has 0 saturated carbocycles. The van der Waals surface area contributed by atoms with Crippen LogP contribution < -0.4 is 20.1 Å². The first-order chi connectivity index (χ1) is 25.1. The molecule has 0 bridgehead atoms. The van der Waals surface area contributed by atoms with Crippen LogP contribution in [0, 0.1) is 5.41 Å². The van der Waals surface area contributed by atoms with Crippen LogP contribution in [-0.4, -0.2) is 94.2 Å². The molecule has 3 saturated heterocycles. The smallest absolute Gasteiger partial charge is 0.407 e. The van der Waals surface area contributed by atoms with Gasteiger partial charge in [0.15, 0.2) is 0 Å². The third kappa shape index (κ3) is 7.08. The summed E-state index contributed by atoms with van der Waals surface area (Å²) in [6.45, 7) is 3.32. The van der Waals surface area contributed by atoms with E-state index in [9.17, 15) is 19.5 Å². The number of methoxy groups -OCH3 is 2. The van der Waals surface area contributed by atoms with Gasteiger partial charge in [-0.05, 0) is 24.6 Å². The van der Waals surface area contributed by atoms with Crippen molar-refractivity contribution in [3.05, 3.63) is 76.0 Å². The molecule has 0 unspecified atom stereocenters. The molecule has 3 aliphatic heterocycles. The summed E-state index contributed by atoms with van der Waals surface area (Å²) in [6, 6.07) is 14.6. The summed E-state index contributed by atoms with van der Waals surface area (Å²) in [7, 11) is 3.10. The van der Waals surface area contributed by atoms with Crippen LogP contribution in [0.3, 0.4) is 0 Å². The second kappa shape index (κ2) is 14.6. The molecule has 1 spiro atoms. The lowest BCUT2D eigenvalue weighted by Gasteiger charge is -2.47. The molecule has 0 radical (unpaired) electrons. The van der Waals surface area contributed by atoms with Gasteiger partial charge in [0.1, 0.15) is 12.1 Å². The maximum absolute atomic E-state index is 12.1. The predicted molar refractivity (Wildman–Crippen MR) is 194 cm³/mol. The molecule has 2 aromatic heterocycles. The molecule has 2 aromatic carbocycles. The van der Waals surface area contributed by atoms with Gasteiger partial charge in [-0.2, -0.15) is 0 Å². The van der Waals surface area contributed by atoms with E-state index in [1.54, 1.807) is 19.2 Å². The van der Waals surface area contributed by atoms with Crippen molar-refractivity contribution in [2.45, 2.75) is 38.4 Å². The molecule has 7 rings (SSSR count). The minimum atomic E-state index is -1.11. The molecule has 4 aromatic rings. The molecule has 15 heteroatoms. The van der Waals surface area contributed by atoms with Gasteiger partial charge in [-0.25, -0.2) is 19.7 Å². The molecule has 0 aliphatic carbocycles. The Kier molecular flexibility index (Phi) is 9.92. The van der Waals surface area contributed by atoms with Gasteiger partial charge in [0.2, 0.25) is 17.7 Å². The van der Waals surface area contributed by atoms with Crippen LogP contribution in [0.1, 0.15) is 30.4 Å². The Morgan fingerprint density at radius 3 is 2.46 bits per heavy atom. The van der Waals surface area contributed by atoms with Gasteiger partial charge in [0, 0.05) is 84.8 Å². The highest BCUT2D eigenvalue weighted by Crippen LogP contribution is 2.42. The number of likely N-dealkylation sites (tertiary alicyclic amines) is 1. The minimum absolute atomic E-state index is 0.0237. The van der Waals surface area contributed by atoms with E-state index in [0.29, 0.717) is 75.4 Å². The fourth-order valence-electron chi connectivity index (χ4n) is 7.34. The summed E-state index contributed by atoms with van der Waals surface area (Å²) in [4.78, 5) is 52.7. The van der Waals surface area contributed by atoms with Crippen molar-refractivity contribution in [3.8, 4) is 45.4 Å². The van der Waals surface area contributed by atoms with Gasteiger partial charge in [-0.15, -0.1) is 0 Å². The number of nitrogens with one attached hydrogen (secondary N) is 2. The van der Waals surface area contributed by atoms with Gasteiger partial charge >= 0.3 is 6.09 Å². The van der Waals surface area contributed by atoms with Crippen LogP contribution in [0.2, 0.25) is 10.0 Å². The molecule has 5 heterocycles. The van der Waals surface area contributed by atoms with Crippen molar-refractivity contribution >= 4 is 41.1 Å². The van der Waals surface area contributed by atoms with E-state index in [-0.39, 0.29) is 42.2 Å². The SMILES string of the molecule is COc1cc(-c2ncnc(-c3cccc(-c4ccc(CN(C[C@@H]5CCC(=O)N5)C(=O)O)c(OC)n4)c3Cl)c2Cl)ccc1CN1CC2(CNC(=O)C2)C1. The standard InChI is InChI=1S/C37H37Cl2N7O6/c1-51-28-12-21(6-7-22(28)14-45-18-37(19-45)13-30(48)40-17-37)33-32(39)34(42-20-41-33)26-5-3-4-25(31(26)38)27-10-8-23(35(44-27)52-2)15-46(36(49)50)16-24-9-11-29(47)43-24/h3-8,10,12,20,24H,9,11,13-19H2,1-2H3,(H,40,48)(H,43,47)(H,49,50)/t24-/m0/s1. The quantitative estimate of drug-likeness (QED) is 0.185. The van der Waals surface area contributed by atoms with Gasteiger partial charge in [-0.1, -0.05) is 53.5 Å². The highest BCUT2D eigenvalue weighted by atomic mass is 35.5. The highest BCUT2D eigenvalue weighted by Gasteiger charge is 2.48. The first-order valence-corrected chi connectivity index (χ1v) is 17.6. The zero-order valence-electron chi connectivity index (χ0n) is 28.6. The molecule has 13 nitrogen and oxygen atoms in total. The van der Waals surface area contributed by atoms with Crippen LogP contribution in [0.15, 0.2) is 54.9 Å². The van der Waals surface area contributed by atoms with Crippen molar-refractivity contribution < 1.29 is 29.0 Å². The Labute approximate surface area is 310 Å². The summed E-state index contributed by atoms with van der Waals surface area (Å²) < 4.78 is 11.4. The lowest BCUT2D eigenvalue weighted by atomic mass is 9.79. The molecule has 3 aliphatic rings. The number of aromatic nitrogens is 3. The van der Waals surface area contributed by atoms with E-state index in [1.807, 2.05) is 36.4 Å². The fourth-order valence-corrected chi connectivity index (χ4v) is 7.96. The lowest BCUT2D eigenvalue weighted by Crippen LogP contribution is -2.56. The van der Waals surface area contributed by atoms with Crippen LogP contribution in [0.4, 0.5) is 4.79 Å². The number of amides is 3. The van der Waals surface area contributed by atoms with Gasteiger partial charge in [0.05, 0.1) is 47.9 Å². The van der Waals surface area contributed by atoms with E-state index in [0.717, 1.165) is 30.8 Å². The predicted octanol–water partition coefficient (Wildman–Crippen LogP) is 5.28. The average Bonchev–Trinajstić information content (AvgIpc) is 3.73. The van der Waals surface area contributed by atoms with Crippen molar-refractivity contribution in [2.24, 2.45) is 5.41 Å². The number of ether oxygens (including phenoxy) is 2. The molecular weight excluding hydrogens is 709 g/mol.